The van der Waals surface area contributed by atoms with Crippen molar-refractivity contribution in [1.29, 1.82) is 0 Å². The van der Waals surface area contributed by atoms with Gasteiger partial charge in [0.15, 0.2) is 0 Å². The Labute approximate surface area is 113 Å². The zero-order valence-electron chi connectivity index (χ0n) is 11.2. The standard InChI is InChI=1S/C16H19NO2/c1-19-16-7-6-12-4-2-3-5-14(12)15(16)11-17-9-8-13(18)10-17/h2-7,13,18H,8-11H2,1H3/t13-/m1/s1. The largest absolute Gasteiger partial charge is 0.496 e. The minimum absolute atomic E-state index is 0.180. The van der Waals surface area contributed by atoms with Crippen LogP contribution in [0.25, 0.3) is 10.8 Å². The minimum atomic E-state index is -0.180. The molecule has 3 nitrogen and oxygen atoms in total. The van der Waals surface area contributed by atoms with Gasteiger partial charge < -0.3 is 9.84 Å². The van der Waals surface area contributed by atoms with E-state index in [1.54, 1.807) is 7.11 Å². The highest BCUT2D eigenvalue weighted by atomic mass is 16.5. The van der Waals surface area contributed by atoms with Crippen molar-refractivity contribution in [2.45, 2.75) is 19.1 Å². The van der Waals surface area contributed by atoms with Crippen molar-refractivity contribution in [2.75, 3.05) is 20.2 Å². The average molecular weight is 257 g/mol. The lowest BCUT2D eigenvalue weighted by Gasteiger charge is -2.19. The van der Waals surface area contributed by atoms with E-state index in [9.17, 15) is 5.11 Å². The third-order valence-corrected chi connectivity index (χ3v) is 3.85. The van der Waals surface area contributed by atoms with Gasteiger partial charge in [-0.15, -0.1) is 0 Å². The Morgan fingerprint density at radius 3 is 2.84 bits per heavy atom. The number of β-amino-alcohol motifs (C(OH)–C–C–N with tert-alkyl or cyclic N) is 1. The van der Waals surface area contributed by atoms with E-state index in [1.165, 1.54) is 16.3 Å². The normalized spacial score (nSPS) is 20.0. The van der Waals surface area contributed by atoms with Gasteiger partial charge in [-0.3, -0.25) is 4.90 Å². The summed E-state index contributed by atoms with van der Waals surface area (Å²) in [7, 11) is 1.71. The van der Waals surface area contributed by atoms with Crippen molar-refractivity contribution in [3.8, 4) is 5.75 Å². The van der Waals surface area contributed by atoms with E-state index in [-0.39, 0.29) is 6.10 Å². The molecular formula is C16H19NO2. The fourth-order valence-corrected chi connectivity index (χ4v) is 2.85. The summed E-state index contributed by atoms with van der Waals surface area (Å²) in [5, 5.41) is 12.1. The van der Waals surface area contributed by atoms with Crippen LogP contribution in [0, 0.1) is 0 Å². The summed E-state index contributed by atoms with van der Waals surface area (Å²) in [6.07, 6.45) is 0.688. The Morgan fingerprint density at radius 2 is 2.11 bits per heavy atom. The second kappa shape index (κ2) is 5.19. The van der Waals surface area contributed by atoms with Crippen LogP contribution in [0.4, 0.5) is 0 Å². The van der Waals surface area contributed by atoms with Crippen LogP contribution in [-0.4, -0.2) is 36.3 Å². The van der Waals surface area contributed by atoms with E-state index < -0.39 is 0 Å². The monoisotopic (exact) mass is 257 g/mol. The summed E-state index contributed by atoms with van der Waals surface area (Å²) >= 11 is 0. The third-order valence-electron chi connectivity index (χ3n) is 3.85. The number of aliphatic hydroxyl groups excluding tert-OH is 1. The molecule has 1 fully saturated rings. The van der Waals surface area contributed by atoms with Crippen LogP contribution in [0.15, 0.2) is 36.4 Å². The summed E-state index contributed by atoms with van der Waals surface area (Å²) in [4.78, 5) is 2.29. The number of hydrogen-bond acceptors (Lipinski definition) is 3. The quantitative estimate of drug-likeness (QED) is 0.916. The number of ether oxygens (including phenoxy) is 1. The number of benzene rings is 2. The van der Waals surface area contributed by atoms with E-state index in [0.717, 1.165) is 31.8 Å². The Balaban J connectivity index is 1.99. The molecular weight excluding hydrogens is 238 g/mol. The Kier molecular flexibility index (Phi) is 3.40. The third kappa shape index (κ3) is 2.44. The van der Waals surface area contributed by atoms with Gasteiger partial charge in [0.1, 0.15) is 5.75 Å². The van der Waals surface area contributed by atoms with Crippen LogP contribution < -0.4 is 4.74 Å². The number of aliphatic hydroxyl groups is 1. The summed E-state index contributed by atoms with van der Waals surface area (Å²) in [6, 6.07) is 12.5. The second-order valence-electron chi connectivity index (χ2n) is 5.15. The molecule has 2 aromatic rings. The smallest absolute Gasteiger partial charge is 0.123 e. The molecule has 2 aromatic carbocycles. The fraction of sp³-hybridized carbons (Fsp3) is 0.375. The molecule has 3 heteroatoms. The molecule has 1 aliphatic heterocycles. The number of hydrogen-bond donors (Lipinski definition) is 1. The minimum Gasteiger partial charge on any atom is -0.496 e. The van der Waals surface area contributed by atoms with E-state index >= 15 is 0 Å². The molecule has 0 bridgehead atoms. The van der Waals surface area contributed by atoms with Gasteiger partial charge in [0.2, 0.25) is 0 Å². The number of nitrogens with zero attached hydrogens (tertiary/aromatic N) is 1. The van der Waals surface area contributed by atoms with Crippen LogP contribution in [0.1, 0.15) is 12.0 Å². The molecule has 0 radical (unpaired) electrons. The molecule has 3 rings (SSSR count). The van der Waals surface area contributed by atoms with Crippen molar-refractivity contribution in [3.63, 3.8) is 0 Å². The number of methoxy groups -OCH3 is 1. The molecule has 0 aliphatic carbocycles. The highest BCUT2D eigenvalue weighted by Gasteiger charge is 2.21. The molecule has 0 aromatic heterocycles. The molecule has 1 saturated heterocycles. The molecule has 19 heavy (non-hydrogen) atoms. The highest BCUT2D eigenvalue weighted by molar-refractivity contribution is 5.87. The van der Waals surface area contributed by atoms with Crippen molar-refractivity contribution in [1.82, 2.24) is 4.90 Å². The predicted molar refractivity (Wildman–Crippen MR) is 76.4 cm³/mol. The van der Waals surface area contributed by atoms with Gasteiger partial charge in [0.05, 0.1) is 13.2 Å². The molecule has 1 N–H and O–H groups in total. The van der Waals surface area contributed by atoms with Gasteiger partial charge in [-0.05, 0) is 23.3 Å². The van der Waals surface area contributed by atoms with Crippen LogP contribution >= 0.6 is 0 Å². The summed E-state index contributed by atoms with van der Waals surface area (Å²) in [5.74, 6) is 0.931. The predicted octanol–water partition coefficient (Wildman–Crippen LogP) is 2.42. The summed E-state index contributed by atoms with van der Waals surface area (Å²) < 4.78 is 5.50. The SMILES string of the molecule is COc1ccc2ccccc2c1CN1CC[C@@H](O)C1. The zero-order chi connectivity index (χ0) is 13.2. The van der Waals surface area contributed by atoms with E-state index in [1.807, 2.05) is 6.07 Å². The van der Waals surface area contributed by atoms with E-state index in [4.69, 9.17) is 4.74 Å². The Hall–Kier alpha value is -1.58. The first kappa shape index (κ1) is 12.5. The number of rotatable bonds is 3. The lowest BCUT2D eigenvalue weighted by atomic mass is 10.0. The number of fused-ring (bicyclic) bond motifs is 1. The Bertz CT molecular complexity index is 582. The molecule has 1 heterocycles. The van der Waals surface area contributed by atoms with Crippen molar-refractivity contribution >= 4 is 10.8 Å². The fourth-order valence-electron chi connectivity index (χ4n) is 2.85. The van der Waals surface area contributed by atoms with Crippen LogP contribution in [0.2, 0.25) is 0 Å². The van der Waals surface area contributed by atoms with Crippen molar-refractivity contribution in [2.24, 2.45) is 0 Å². The first-order chi connectivity index (χ1) is 9.28. The van der Waals surface area contributed by atoms with Gasteiger partial charge >= 0.3 is 0 Å². The van der Waals surface area contributed by atoms with E-state index in [2.05, 4.69) is 35.2 Å². The highest BCUT2D eigenvalue weighted by Crippen LogP contribution is 2.30. The van der Waals surface area contributed by atoms with Crippen molar-refractivity contribution < 1.29 is 9.84 Å². The maximum Gasteiger partial charge on any atom is 0.123 e. The molecule has 1 atom stereocenters. The van der Waals surface area contributed by atoms with E-state index in [0.29, 0.717) is 0 Å². The second-order valence-corrected chi connectivity index (χ2v) is 5.15. The lowest BCUT2D eigenvalue weighted by Crippen LogP contribution is -2.22. The Morgan fingerprint density at radius 1 is 1.26 bits per heavy atom. The van der Waals surface area contributed by atoms with Gasteiger partial charge in [0.25, 0.3) is 0 Å². The maximum atomic E-state index is 9.64. The number of likely N-dealkylation sites (tertiary alicyclic amines) is 1. The molecule has 1 aliphatic rings. The van der Waals surface area contributed by atoms with Crippen LogP contribution in [0.3, 0.4) is 0 Å². The first-order valence-corrected chi connectivity index (χ1v) is 6.73. The van der Waals surface area contributed by atoms with Gasteiger partial charge in [0, 0.05) is 25.2 Å². The van der Waals surface area contributed by atoms with Gasteiger partial charge in [-0.25, -0.2) is 0 Å². The average Bonchev–Trinajstić information content (AvgIpc) is 2.85. The summed E-state index contributed by atoms with van der Waals surface area (Å²) in [5.41, 5.74) is 1.22. The van der Waals surface area contributed by atoms with Crippen molar-refractivity contribution in [3.05, 3.63) is 42.0 Å². The van der Waals surface area contributed by atoms with Gasteiger partial charge in [-0.2, -0.15) is 0 Å². The lowest BCUT2D eigenvalue weighted by molar-refractivity contribution is 0.174. The summed E-state index contributed by atoms with van der Waals surface area (Å²) in [6.45, 7) is 2.54. The molecule has 0 amide bonds. The molecule has 0 saturated carbocycles. The van der Waals surface area contributed by atoms with Crippen LogP contribution in [0.5, 0.6) is 5.75 Å². The topological polar surface area (TPSA) is 32.7 Å². The molecule has 0 unspecified atom stereocenters. The first-order valence-electron chi connectivity index (χ1n) is 6.73. The molecule has 0 spiro atoms. The van der Waals surface area contributed by atoms with Crippen LogP contribution in [-0.2, 0) is 6.54 Å². The van der Waals surface area contributed by atoms with Gasteiger partial charge in [-0.1, -0.05) is 30.3 Å². The molecule has 100 valence electrons. The zero-order valence-corrected chi connectivity index (χ0v) is 11.2. The maximum absolute atomic E-state index is 9.64.